The molecule has 0 spiro atoms. The fourth-order valence-corrected chi connectivity index (χ4v) is 2.44. The van der Waals surface area contributed by atoms with Crippen molar-refractivity contribution in [2.75, 3.05) is 6.54 Å². The topological polar surface area (TPSA) is 80.1 Å². The second-order valence-corrected chi connectivity index (χ2v) is 5.70. The van der Waals surface area contributed by atoms with Crippen molar-refractivity contribution in [3.8, 4) is 0 Å². The highest BCUT2D eigenvalue weighted by atomic mass is 16.2. The number of carbonyl (C=O) groups excluding carboxylic acids is 2. The molecule has 1 saturated heterocycles. The summed E-state index contributed by atoms with van der Waals surface area (Å²) in [6, 6.07) is -0.456. The minimum atomic E-state index is -0.456. The normalized spacial score (nSPS) is 19.8. The van der Waals surface area contributed by atoms with Crippen LogP contribution >= 0.6 is 0 Å². The number of nitrogens with zero attached hydrogens (tertiary/aromatic N) is 4. The number of hydrogen-bond donors (Lipinski definition) is 1. The lowest BCUT2D eigenvalue weighted by Crippen LogP contribution is -2.47. The number of nitrogens with one attached hydrogen (secondary N) is 1. The molecular weight excluding hydrogens is 270 g/mol. The third kappa shape index (κ3) is 3.59. The lowest BCUT2D eigenvalue weighted by Gasteiger charge is -2.25. The average Bonchev–Trinajstić information content (AvgIpc) is 2.81. The maximum atomic E-state index is 12.6. The zero-order valence-electron chi connectivity index (χ0n) is 12.9. The van der Waals surface area contributed by atoms with Crippen molar-refractivity contribution in [3.05, 3.63) is 12.2 Å². The molecule has 1 aromatic rings. The summed E-state index contributed by atoms with van der Waals surface area (Å²) in [7, 11) is 0. The fraction of sp³-hybridized carbons (Fsp3) is 0.714. The largest absolute Gasteiger partial charge is 0.344 e. The summed E-state index contributed by atoms with van der Waals surface area (Å²) in [6.07, 6.45) is 2.80. The molecule has 116 valence electrons. The molecule has 21 heavy (non-hydrogen) atoms. The third-order valence-corrected chi connectivity index (χ3v) is 3.63. The van der Waals surface area contributed by atoms with Gasteiger partial charge in [-0.1, -0.05) is 20.8 Å². The Morgan fingerprint density at radius 1 is 1.43 bits per heavy atom. The molecule has 1 N–H and O–H groups in total. The van der Waals surface area contributed by atoms with Crippen molar-refractivity contribution in [1.82, 2.24) is 25.0 Å². The minimum absolute atomic E-state index is 0.0399. The van der Waals surface area contributed by atoms with Crippen molar-refractivity contribution in [2.24, 2.45) is 5.92 Å². The molecule has 0 bridgehead atoms. The molecule has 0 radical (unpaired) electrons. The molecule has 0 saturated carbocycles. The van der Waals surface area contributed by atoms with E-state index in [2.05, 4.69) is 22.3 Å². The molecule has 2 heterocycles. The van der Waals surface area contributed by atoms with Crippen LogP contribution in [0.15, 0.2) is 6.33 Å². The van der Waals surface area contributed by atoms with Gasteiger partial charge in [-0.05, 0) is 12.3 Å². The Bertz CT molecular complexity index is 511. The molecular formula is C14H23N5O2. The maximum absolute atomic E-state index is 12.6. The van der Waals surface area contributed by atoms with Gasteiger partial charge in [-0.25, -0.2) is 9.67 Å². The van der Waals surface area contributed by atoms with Crippen molar-refractivity contribution in [2.45, 2.75) is 52.7 Å². The molecule has 7 nitrogen and oxygen atoms in total. The highest BCUT2D eigenvalue weighted by Gasteiger charge is 2.32. The first kappa shape index (κ1) is 15.5. The van der Waals surface area contributed by atoms with Gasteiger partial charge in [-0.15, -0.1) is 0 Å². The maximum Gasteiger partial charge on any atom is 0.245 e. The van der Waals surface area contributed by atoms with E-state index in [0.29, 0.717) is 19.5 Å². The molecule has 0 aromatic carbocycles. The van der Waals surface area contributed by atoms with Gasteiger partial charge in [0.05, 0.1) is 6.54 Å². The van der Waals surface area contributed by atoms with Crippen LogP contribution in [0.3, 0.4) is 0 Å². The molecule has 1 aliphatic rings. The smallest absolute Gasteiger partial charge is 0.245 e. The van der Waals surface area contributed by atoms with Crippen molar-refractivity contribution < 1.29 is 9.59 Å². The quantitative estimate of drug-likeness (QED) is 0.860. The molecule has 7 heteroatoms. The van der Waals surface area contributed by atoms with Crippen LogP contribution < -0.4 is 5.32 Å². The molecule has 1 aliphatic heterocycles. The lowest BCUT2D eigenvalue weighted by molar-refractivity contribution is -0.135. The number of rotatable bonds is 5. The number of aryl methyl sites for hydroxylation is 1. The summed E-state index contributed by atoms with van der Waals surface area (Å²) in [4.78, 5) is 30.3. The van der Waals surface area contributed by atoms with E-state index in [0.717, 1.165) is 18.8 Å². The highest BCUT2D eigenvalue weighted by molar-refractivity contribution is 5.90. The predicted molar refractivity (Wildman–Crippen MR) is 77.1 cm³/mol. The van der Waals surface area contributed by atoms with Crippen molar-refractivity contribution in [1.29, 1.82) is 0 Å². The van der Waals surface area contributed by atoms with E-state index in [-0.39, 0.29) is 17.7 Å². The standard InChI is InChI=1S/C14H23N5O2/c1-4-6-19-11(15-9-16-19)8-18-7-5-12(20)17-13(10(2)3)14(18)21/h9-10,13H,4-8H2,1-3H3,(H,17,20). The SMILES string of the molecule is CCCn1ncnc1CN1CCC(=O)NC(C(C)C)C1=O. The van der Waals surface area contributed by atoms with Crippen LogP contribution in [0.2, 0.25) is 0 Å². The van der Waals surface area contributed by atoms with E-state index in [4.69, 9.17) is 0 Å². The Balaban J connectivity index is 2.15. The Kier molecular flexibility index (Phi) is 4.93. The molecule has 1 fully saturated rings. The van der Waals surface area contributed by atoms with E-state index in [9.17, 15) is 9.59 Å². The summed E-state index contributed by atoms with van der Waals surface area (Å²) in [5.41, 5.74) is 0. The second kappa shape index (κ2) is 6.69. The van der Waals surface area contributed by atoms with Gasteiger partial charge >= 0.3 is 0 Å². The van der Waals surface area contributed by atoms with Gasteiger partial charge in [0.1, 0.15) is 18.2 Å². The van der Waals surface area contributed by atoms with E-state index in [1.807, 2.05) is 18.5 Å². The van der Waals surface area contributed by atoms with Crippen LogP contribution in [-0.4, -0.2) is 44.1 Å². The van der Waals surface area contributed by atoms with Crippen LogP contribution in [0.1, 0.15) is 39.4 Å². The number of amides is 2. The average molecular weight is 293 g/mol. The minimum Gasteiger partial charge on any atom is -0.344 e. The third-order valence-electron chi connectivity index (χ3n) is 3.63. The Hall–Kier alpha value is -1.92. The molecule has 1 atom stereocenters. The van der Waals surface area contributed by atoms with Crippen LogP contribution in [0, 0.1) is 5.92 Å². The first-order chi connectivity index (χ1) is 10.0. The molecule has 2 rings (SSSR count). The summed E-state index contributed by atoms with van der Waals surface area (Å²) in [5.74, 6) is 0.721. The van der Waals surface area contributed by atoms with Crippen LogP contribution in [0.4, 0.5) is 0 Å². The van der Waals surface area contributed by atoms with Gasteiger partial charge < -0.3 is 10.2 Å². The van der Waals surface area contributed by atoms with Crippen LogP contribution in [-0.2, 0) is 22.7 Å². The molecule has 1 unspecified atom stereocenters. The fourth-order valence-electron chi connectivity index (χ4n) is 2.44. The summed E-state index contributed by atoms with van der Waals surface area (Å²) in [6.45, 7) is 7.55. The number of aromatic nitrogens is 3. The van der Waals surface area contributed by atoms with E-state index in [1.165, 1.54) is 6.33 Å². The predicted octanol–water partition coefficient (Wildman–Crippen LogP) is 0.561. The first-order valence-corrected chi connectivity index (χ1v) is 7.47. The first-order valence-electron chi connectivity index (χ1n) is 7.47. The summed E-state index contributed by atoms with van der Waals surface area (Å²) in [5, 5.41) is 6.98. The van der Waals surface area contributed by atoms with E-state index < -0.39 is 6.04 Å². The highest BCUT2D eigenvalue weighted by Crippen LogP contribution is 2.13. The van der Waals surface area contributed by atoms with Gasteiger partial charge in [0.15, 0.2) is 0 Å². The Morgan fingerprint density at radius 3 is 2.86 bits per heavy atom. The van der Waals surface area contributed by atoms with Crippen molar-refractivity contribution >= 4 is 11.8 Å². The Labute approximate surface area is 124 Å². The molecule has 2 amide bonds. The van der Waals surface area contributed by atoms with Gasteiger partial charge in [0.25, 0.3) is 0 Å². The Morgan fingerprint density at radius 2 is 2.19 bits per heavy atom. The monoisotopic (exact) mass is 293 g/mol. The summed E-state index contributed by atoms with van der Waals surface area (Å²) >= 11 is 0. The van der Waals surface area contributed by atoms with E-state index >= 15 is 0 Å². The van der Waals surface area contributed by atoms with Crippen LogP contribution in [0.25, 0.3) is 0 Å². The second-order valence-electron chi connectivity index (χ2n) is 5.70. The summed E-state index contributed by atoms with van der Waals surface area (Å²) < 4.78 is 1.82. The van der Waals surface area contributed by atoms with Gasteiger partial charge in [0, 0.05) is 19.5 Å². The van der Waals surface area contributed by atoms with Gasteiger partial charge in [0.2, 0.25) is 11.8 Å². The zero-order valence-corrected chi connectivity index (χ0v) is 12.9. The molecule has 0 aliphatic carbocycles. The molecule has 1 aromatic heterocycles. The van der Waals surface area contributed by atoms with E-state index in [1.54, 1.807) is 4.90 Å². The van der Waals surface area contributed by atoms with Gasteiger partial charge in [-0.2, -0.15) is 5.10 Å². The van der Waals surface area contributed by atoms with Crippen LogP contribution in [0.5, 0.6) is 0 Å². The number of hydrogen-bond acceptors (Lipinski definition) is 4. The van der Waals surface area contributed by atoms with Gasteiger partial charge in [-0.3, -0.25) is 9.59 Å². The number of carbonyl (C=O) groups is 2. The lowest BCUT2D eigenvalue weighted by atomic mass is 10.0. The zero-order chi connectivity index (χ0) is 15.4. The van der Waals surface area contributed by atoms with Crippen molar-refractivity contribution in [3.63, 3.8) is 0 Å².